The van der Waals surface area contributed by atoms with Crippen LogP contribution in [0.2, 0.25) is 0 Å². The van der Waals surface area contributed by atoms with Crippen molar-refractivity contribution in [2.75, 3.05) is 13.7 Å². The molecule has 0 radical (unpaired) electrons. The average Bonchev–Trinajstić information content (AvgIpc) is 3.31. The quantitative estimate of drug-likeness (QED) is 0.434. The molecule has 0 bridgehead atoms. The summed E-state index contributed by atoms with van der Waals surface area (Å²) in [5.74, 6) is 0.577. The number of hydrogen-bond donors (Lipinski definition) is 2. The van der Waals surface area contributed by atoms with Crippen LogP contribution in [0.4, 0.5) is 0 Å². The minimum Gasteiger partial charge on any atom is -0.497 e. The van der Waals surface area contributed by atoms with Crippen LogP contribution >= 0.6 is 0 Å². The molecule has 0 spiro atoms. The summed E-state index contributed by atoms with van der Waals surface area (Å²) < 4.78 is 5.20. The Hall–Kier alpha value is -4.13. The van der Waals surface area contributed by atoms with E-state index in [1.165, 1.54) is 6.92 Å². The summed E-state index contributed by atoms with van der Waals surface area (Å²) in [5, 5.41) is 5.88. The van der Waals surface area contributed by atoms with Crippen LogP contribution in [0, 0.1) is 0 Å². The number of nitrogens with one attached hydrogen (secondary N) is 2. The molecule has 37 heavy (non-hydrogen) atoms. The fraction of sp³-hybridized carbons (Fsp3) is 0.300. The van der Waals surface area contributed by atoms with Crippen LogP contribution in [0.1, 0.15) is 48.9 Å². The summed E-state index contributed by atoms with van der Waals surface area (Å²) in [4.78, 5) is 38.5. The predicted molar refractivity (Wildman–Crippen MR) is 143 cm³/mol. The molecule has 0 saturated carbocycles. The van der Waals surface area contributed by atoms with E-state index in [0.717, 1.165) is 40.8 Å². The molecule has 1 aliphatic rings. The van der Waals surface area contributed by atoms with Gasteiger partial charge in [0.2, 0.25) is 17.7 Å². The topological polar surface area (TPSA) is 87.7 Å². The summed E-state index contributed by atoms with van der Waals surface area (Å²) in [7, 11) is 1.59. The Labute approximate surface area is 217 Å². The molecule has 0 aromatic heterocycles. The minimum absolute atomic E-state index is 0.123. The van der Waals surface area contributed by atoms with E-state index in [-0.39, 0.29) is 24.1 Å². The number of hydrogen-bond acceptors (Lipinski definition) is 4. The molecule has 3 amide bonds. The molecule has 192 valence electrons. The molecule has 1 atom stereocenters. The lowest BCUT2D eigenvalue weighted by Crippen LogP contribution is -2.32. The summed E-state index contributed by atoms with van der Waals surface area (Å²) in [6.07, 6.45) is 1.70. The highest BCUT2D eigenvalue weighted by Crippen LogP contribution is 2.25. The van der Waals surface area contributed by atoms with E-state index in [9.17, 15) is 14.4 Å². The maximum absolute atomic E-state index is 12.9. The lowest BCUT2D eigenvalue weighted by Gasteiger charge is -2.19. The number of carbonyl (C=O) groups is 3. The molecular weight excluding hydrogens is 466 g/mol. The third kappa shape index (κ3) is 6.97. The van der Waals surface area contributed by atoms with Crippen molar-refractivity contribution < 1.29 is 19.1 Å². The molecule has 4 rings (SSSR count). The number of amides is 3. The third-order valence-corrected chi connectivity index (χ3v) is 6.59. The van der Waals surface area contributed by atoms with Crippen LogP contribution in [0.5, 0.6) is 5.75 Å². The van der Waals surface area contributed by atoms with Crippen molar-refractivity contribution in [2.45, 2.75) is 45.3 Å². The summed E-state index contributed by atoms with van der Waals surface area (Å²) in [6, 6.07) is 23.1. The molecule has 1 unspecified atom stereocenters. The number of ether oxygens (including phenoxy) is 1. The fourth-order valence-electron chi connectivity index (χ4n) is 4.62. The highest BCUT2D eigenvalue weighted by molar-refractivity contribution is 5.80. The highest BCUT2D eigenvalue weighted by atomic mass is 16.5. The minimum atomic E-state index is -0.436. The van der Waals surface area contributed by atoms with Crippen LogP contribution in [-0.2, 0) is 27.5 Å². The molecule has 1 saturated heterocycles. The van der Waals surface area contributed by atoms with Crippen molar-refractivity contribution in [3.05, 3.63) is 89.5 Å². The van der Waals surface area contributed by atoms with Gasteiger partial charge in [-0.15, -0.1) is 0 Å². The van der Waals surface area contributed by atoms with E-state index in [4.69, 9.17) is 4.74 Å². The van der Waals surface area contributed by atoms with Gasteiger partial charge in [-0.1, -0.05) is 60.7 Å². The molecular formula is C30H33N3O4. The summed E-state index contributed by atoms with van der Waals surface area (Å²) in [6.45, 7) is 3.28. The van der Waals surface area contributed by atoms with Crippen molar-refractivity contribution in [2.24, 2.45) is 0 Å². The average molecular weight is 500 g/mol. The van der Waals surface area contributed by atoms with Gasteiger partial charge in [-0.25, -0.2) is 0 Å². The standard InChI is InChI=1S/C30H33N3O4/c1-21(34)32-28(24-13-15-26(37-2)16-14-24)18-29(35)31-19-25-6-3-4-7-27(25)23-11-9-22(10-12-23)20-33-17-5-8-30(33)36/h3-4,6-7,9-16,28H,5,8,17-20H2,1-2H3,(H,31,35)(H,32,34). The number of likely N-dealkylation sites (tertiary alicyclic amines) is 1. The number of carbonyl (C=O) groups excluding carboxylic acids is 3. The van der Waals surface area contributed by atoms with Crippen LogP contribution in [-0.4, -0.2) is 36.3 Å². The predicted octanol–water partition coefficient (Wildman–Crippen LogP) is 4.37. The van der Waals surface area contributed by atoms with E-state index in [1.807, 2.05) is 53.4 Å². The van der Waals surface area contributed by atoms with Crippen molar-refractivity contribution in [3.8, 4) is 16.9 Å². The molecule has 7 nitrogen and oxygen atoms in total. The summed E-state index contributed by atoms with van der Waals surface area (Å²) >= 11 is 0. The van der Waals surface area contributed by atoms with Crippen LogP contribution in [0.15, 0.2) is 72.8 Å². The van der Waals surface area contributed by atoms with Gasteiger partial charge in [-0.05, 0) is 46.4 Å². The SMILES string of the molecule is COc1ccc(C(CC(=O)NCc2ccccc2-c2ccc(CN3CCCC3=O)cc2)NC(C)=O)cc1. The molecule has 7 heteroatoms. The third-order valence-electron chi connectivity index (χ3n) is 6.59. The fourth-order valence-corrected chi connectivity index (χ4v) is 4.62. The van der Waals surface area contributed by atoms with E-state index < -0.39 is 6.04 Å². The van der Waals surface area contributed by atoms with Crippen LogP contribution < -0.4 is 15.4 Å². The molecule has 1 heterocycles. The normalized spacial score (nSPS) is 13.8. The van der Waals surface area contributed by atoms with Crippen molar-refractivity contribution in [3.63, 3.8) is 0 Å². The zero-order valence-electron chi connectivity index (χ0n) is 21.3. The number of rotatable bonds is 10. The number of methoxy groups -OCH3 is 1. The zero-order chi connectivity index (χ0) is 26.2. The Morgan fingerprint density at radius 3 is 2.38 bits per heavy atom. The monoisotopic (exact) mass is 499 g/mol. The van der Waals surface area contributed by atoms with Gasteiger partial charge < -0.3 is 20.3 Å². The molecule has 3 aromatic carbocycles. The van der Waals surface area contributed by atoms with Gasteiger partial charge in [0.15, 0.2) is 0 Å². The van der Waals surface area contributed by atoms with Crippen LogP contribution in [0.25, 0.3) is 11.1 Å². The second-order valence-electron chi connectivity index (χ2n) is 9.28. The smallest absolute Gasteiger partial charge is 0.222 e. The Bertz CT molecular complexity index is 1240. The first-order chi connectivity index (χ1) is 17.9. The largest absolute Gasteiger partial charge is 0.497 e. The Morgan fingerprint density at radius 2 is 1.73 bits per heavy atom. The first kappa shape index (κ1) is 25.9. The first-order valence-corrected chi connectivity index (χ1v) is 12.6. The Morgan fingerprint density at radius 1 is 1.00 bits per heavy atom. The molecule has 2 N–H and O–H groups in total. The highest BCUT2D eigenvalue weighted by Gasteiger charge is 2.20. The lowest BCUT2D eigenvalue weighted by atomic mass is 9.98. The Kier molecular flexibility index (Phi) is 8.56. The van der Waals surface area contributed by atoms with Crippen molar-refractivity contribution in [1.29, 1.82) is 0 Å². The second kappa shape index (κ2) is 12.2. The maximum atomic E-state index is 12.9. The number of nitrogens with zero attached hydrogens (tertiary/aromatic N) is 1. The zero-order valence-corrected chi connectivity index (χ0v) is 21.3. The van der Waals surface area contributed by atoms with Crippen molar-refractivity contribution in [1.82, 2.24) is 15.5 Å². The van der Waals surface area contributed by atoms with E-state index in [0.29, 0.717) is 25.3 Å². The van der Waals surface area contributed by atoms with Crippen LogP contribution in [0.3, 0.4) is 0 Å². The molecule has 0 aliphatic carbocycles. The maximum Gasteiger partial charge on any atom is 0.222 e. The van der Waals surface area contributed by atoms with Gasteiger partial charge >= 0.3 is 0 Å². The Balaban J connectivity index is 1.40. The van der Waals surface area contributed by atoms with Gasteiger partial charge in [-0.2, -0.15) is 0 Å². The molecule has 3 aromatic rings. The van der Waals surface area contributed by atoms with Gasteiger partial charge in [0.25, 0.3) is 0 Å². The van der Waals surface area contributed by atoms with Gasteiger partial charge in [0.05, 0.1) is 19.6 Å². The molecule has 1 aliphatic heterocycles. The first-order valence-electron chi connectivity index (χ1n) is 12.6. The van der Waals surface area contributed by atoms with Gasteiger partial charge in [0.1, 0.15) is 5.75 Å². The lowest BCUT2D eigenvalue weighted by molar-refractivity contribution is -0.128. The van der Waals surface area contributed by atoms with E-state index in [2.05, 4.69) is 34.9 Å². The summed E-state index contributed by atoms with van der Waals surface area (Å²) in [5.41, 5.74) is 5.03. The van der Waals surface area contributed by atoms with E-state index in [1.54, 1.807) is 7.11 Å². The second-order valence-corrected chi connectivity index (χ2v) is 9.28. The van der Waals surface area contributed by atoms with E-state index >= 15 is 0 Å². The number of benzene rings is 3. The molecule has 1 fully saturated rings. The van der Waals surface area contributed by atoms with Gasteiger partial charge in [-0.3, -0.25) is 14.4 Å². The van der Waals surface area contributed by atoms with Crippen molar-refractivity contribution >= 4 is 17.7 Å². The van der Waals surface area contributed by atoms with Gasteiger partial charge in [0, 0.05) is 33.0 Å².